The Morgan fingerprint density at radius 3 is 2.62 bits per heavy atom. The van der Waals surface area contributed by atoms with Crippen molar-refractivity contribution in [3.63, 3.8) is 0 Å². The minimum atomic E-state index is -0.149. The number of hydrogen-bond acceptors (Lipinski definition) is 5. The van der Waals surface area contributed by atoms with E-state index in [4.69, 9.17) is 8.94 Å². The van der Waals surface area contributed by atoms with Gasteiger partial charge in [0.05, 0.1) is 25.0 Å². The van der Waals surface area contributed by atoms with Crippen LogP contribution in [0.2, 0.25) is 0 Å². The van der Waals surface area contributed by atoms with Crippen molar-refractivity contribution in [3.8, 4) is 0 Å². The number of hydrogen-bond donors (Lipinski definition) is 3. The molecule has 0 bridgehead atoms. The zero-order valence-electron chi connectivity index (χ0n) is 18.9. The topological polar surface area (TPSA) is 105 Å². The predicted molar refractivity (Wildman–Crippen MR) is 123 cm³/mol. The fourth-order valence-corrected chi connectivity index (χ4v) is 3.32. The number of nitrogens with zero attached hydrogens (tertiary/aromatic N) is 2. The normalized spacial score (nSPS) is 11.4. The van der Waals surface area contributed by atoms with Crippen LogP contribution in [-0.2, 0) is 32.5 Å². The minimum absolute atomic E-state index is 0.149. The summed E-state index contributed by atoms with van der Waals surface area (Å²) in [5.74, 6) is 2.17. The Balaban J connectivity index is 1.62. The van der Waals surface area contributed by atoms with Crippen LogP contribution < -0.4 is 16.0 Å². The molecular weight excluding hydrogens is 406 g/mol. The molecule has 8 nitrogen and oxygen atoms in total. The van der Waals surface area contributed by atoms with Gasteiger partial charge >= 0.3 is 0 Å². The summed E-state index contributed by atoms with van der Waals surface area (Å²) in [6.45, 7) is 8.28. The molecule has 1 aromatic carbocycles. The van der Waals surface area contributed by atoms with Crippen molar-refractivity contribution in [3.05, 3.63) is 76.6 Å². The lowest BCUT2D eigenvalue weighted by atomic mass is 10.1. The van der Waals surface area contributed by atoms with E-state index in [-0.39, 0.29) is 5.91 Å². The van der Waals surface area contributed by atoms with Gasteiger partial charge in [-0.1, -0.05) is 31.1 Å². The number of benzene rings is 1. The molecule has 0 aliphatic carbocycles. The lowest BCUT2D eigenvalue weighted by molar-refractivity contribution is 0.0948. The standard InChI is InChI=1S/C24H31N5O3/c1-4-21-20(22(5-2)32-29-21)16-28-24(25-6-3)27-14-17-9-7-10-18(13-17)23(30)26-15-19-11-8-12-31-19/h7-13H,4-6,14-16H2,1-3H3,(H,26,30)(H2,25,27,28). The predicted octanol–water partition coefficient (Wildman–Crippen LogP) is 3.58. The van der Waals surface area contributed by atoms with E-state index >= 15 is 0 Å². The molecule has 0 fully saturated rings. The first-order valence-electron chi connectivity index (χ1n) is 11.0. The van der Waals surface area contributed by atoms with E-state index in [1.807, 2.05) is 31.2 Å². The quantitative estimate of drug-likeness (QED) is 0.331. The molecule has 0 radical (unpaired) electrons. The average Bonchev–Trinajstić information content (AvgIpc) is 3.48. The molecule has 170 valence electrons. The Labute approximate surface area is 188 Å². The smallest absolute Gasteiger partial charge is 0.251 e. The van der Waals surface area contributed by atoms with E-state index in [2.05, 4.69) is 39.9 Å². The Kier molecular flexibility index (Phi) is 8.48. The highest BCUT2D eigenvalue weighted by molar-refractivity contribution is 5.94. The molecule has 2 aromatic heterocycles. The second-order valence-corrected chi connectivity index (χ2v) is 7.25. The van der Waals surface area contributed by atoms with Gasteiger partial charge in [-0.25, -0.2) is 4.99 Å². The van der Waals surface area contributed by atoms with Gasteiger partial charge in [0.15, 0.2) is 5.96 Å². The van der Waals surface area contributed by atoms with Gasteiger partial charge in [-0.15, -0.1) is 0 Å². The number of furan rings is 1. The maximum atomic E-state index is 12.5. The first kappa shape index (κ1) is 23.1. The summed E-state index contributed by atoms with van der Waals surface area (Å²) in [4.78, 5) is 17.1. The van der Waals surface area contributed by atoms with Crippen LogP contribution in [0.1, 0.15) is 59.5 Å². The molecule has 0 spiro atoms. The molecule has 0 aliphatic heterocycles. The number of rotatable bonds is 10. The number of carbonyl (C=O) groups excluding carboxylic acids is 1. The molecule has 3 aromatic rings. The summed E-state index contributed by atoms with van der Waals surface area (Å²) >= 11 is 0. The van der Waals surface area contributed by atoms with Crippen LogP contribution in [-0.4, -0.2) is 23.6 Å². The van der Waals surface area contributed by atoms with E-state index < -0.39 is 0 Å². The van der Waals surface area contributed by atoms with Crippen LogP contribution in [0, 0.1) is 0 Å². The molecule has 3 rings (SSSR count). The molecule has 8 heteroatoms. The molecule has 2 heterocycles. The van der Waals surface area contributed by atoms with Gasteiger partial charge in [-0.2, -0.15) is 0 Å². The zero-order chi connectivity index (χ0) is 22.8. The maximum absolute atomic E-state index is 12.5. The molecule has 0 unspecified atom stereocenters. The number of aryl methyl sites for hydroxylation is 2. The number of guanidine groups is 1. The van der Waals surface area contributed by atoms with Crippen molar-refractivity contribution >= 4 is 11.9 Å². The summed E-state index contributed by atoms with van der Waals surface area (Å²) < 4.78 is 10.7. The zero-order valence-corrected chi connectivity index (χ0v) is 18.9. The van der Waals surface area contributed by atoms with Crippen LogP contribution in [0.4, 0.5) is 0 Å². The number of amides is 1. The molecule has 0 saturated carbocycles. The number of aromatic nitrogens is 1. The van der Waals surface area contributed by atoms with Gasteiger partial charge in [0, 0.05) is 30.6 Å². The van der Waals surface area contributed by atoms with Crippen LogP contribution in [0.3, 0.4) is 0 Å². The van der Waals surface area contributed by atoms with Crippen molar-refractivity contribution in [2.45, 2.75) is 53.2 Å². The molecule has 3 N–H and O–H groups in total. The molecule has 0 aliphatic rings. The highest BCUT2D eigenvalue weighted by Crippen LogP contribution is 2.15. The Morgan fingerprint density at radius 2 is 1.91 bits per heavy atom. The van der Waals surface area contributed by atoms with Crippen LogP contribution >= 0.6 is 0 Å². The summed E-state index contributed by atoms with van der Waals surface area (Å²) in [5, 5.41) is 13.7. The summed E-state index contributed by atoms with van der Waals surface area (Å²) in [7, 11) is 0. The second kappa shape index (κ2) is 11.7. The fraction of sp³-hybridized carbons (Fsp3) is 0.375. The van der Waals surface area contributed by atoms with Crippen molar-refractivity contribution in [2.24, 2.45) is 4.99 Å². The van der Waals surface area contributed by atoms with Gasteiger partial charge in [0.2, 0.25) is 0 Å². The summed E-state index contributed by atoms with van der Waals surface area (Å²) in [6.07, 6.45) is 3.21. The molecular formula is C24H31N5O3. The lowest BCUT2D eigenvalue weighted by Gasteiger charge is -2.12. The fourth-order valence-electron chi connectivity index (χ4n) is 3.32. The summed E-state index contributed by atoms with van der Waals surface area (Å²) in [6, 6.07) is 11.1. The Bertz CT molecular complexity index is 1000. The van der Waals surface area contributed by atoms with Crippen LogP contribution in [0.5, 0.6) is 0 Å². The number of carbonyl (C=O) groups is 1. The summed E-state index contributed by atoms with van der Waals surface area (Å²) in [5.41, 5.74) is 3.60. The second-order valence-electron chi connectivity index (χ2n) is 7.25. The van der Waals surface area contributed by atoms with E-state index in [1.54, 1.807) is 18.4 Å². The third-order valence-corrected chi connectivity index (χ3v) is 5.00. The van der Waals surface area contributed by atoms with Gasteiger partial charge in [0.1, 0.15) is 11.5 Å². The number of aliphatic imine (C=N–C) groups is 1. The van der Waals surface area contributed by atoms with E-state index in [9.17, 15) is 4.79 Å². The Hall–Kier alpha value is -3.55. The largest absolute Gasteiger partial charge is 0.467 e. The monoisotopic (exact) mass is 437 g/mol. The van der Waals surface area contributed by atoms with Gasteiger partial charge < -0.3 is 24.9 Å². The molecule has 0 saturated heterocycles. The van der Waals surface area contributed by atoms with Crippen molar-refractivity contribution in [1.82, 2.24) is 21.1 Å². The van der Waals surface area contributed by atoms with Gasteiger partial charge in [-0.05, 0) is 43.2 Å². The van der Waals surface area contributed by atoms with E-state index in [0.29, 0.717) is 36.9 Å². The maximum Gasteiger partial charge on any atom is 0.251 e. The van der Waals surface area contributed by atoms with Gasteiger partial charge in [0.25, 0.3) is 5.91 Å². The lowest BCUT2D eigenvalue weighted by Crippen LogP contribution is -2.37. The third-order valence-electron chi connectivity index (χ3n) is 5.00. The molecule has 0 atom stereocenters. The van der Waals surface area contributed by atoms with Crippen LogP contribution in [0.25, 0.3) is 0 Å². The minimum Gasteiger partial charge on any atom is -0.467 e. The third kappa shape index (κ3) is 6.23. The Morgan fingerprint density at radius 1 is 1.03 bits per heavy atom. The molecule has 32 heavy (non-hydrogen) atoms. The highest BCUT2D eigenvalue weighted by Gasteiger charge is 2.13. The average molecular weight is 438 g/mol. The SMILES string of the molecule is CCNC(=NCc1cccc(C(=O)NCc2ccco2)c1)NCc1c(CC)noc1CC. The first-order chi connectivity index (χ1) is 15.6. The van der Waals surface area contributed by atoms with Gasteiger partial charge in [-0.3, -0.25) is 4.79 Å². The van der Waals surface area contributed by atoms with Crippen LogP contribution in [0.15, 0.2) is 56.6 Å². The molecule has 1 amide bonds. The first-order valence-corrected chi connectivity index (χ1v) is 11.0. The van der Waals surface area contributed by atoms with Crippen molar-refractivity contribution < 1.29 is 13.7 Å². The van der Waals surface area contributed by atoms with E-state index in [1.165, 1.54) is 0 Å². The number of nitrogens with one attached hydrogen (secondary N) is 3. The highest BCUT2D eigenvalue weighted by atomic mass is 16.5. The van der Waals surface area contributed by atoms with E-state index in [0.717, 1.165) is 42.0 Å². The van der Waals surface area contributed by atoms with Crippen molar-refractivity contribution in [2.75, 3.05) is 6.54 Å². The van der Waals surface area contributed by atoms with Crippen molar-refractivity contribution in [1.29, 1.82) is 0 Å².